The predicted octanol–water partition coefficient (Wildman–Crippen LogP) is 4.34. The minimum atomic E-state index is 0.237. The zero-order chi connectivity index (χ0) is 13.6. The van der Waals surface area contributed by atoms with Gasteiger partial charge in [0.15, 0.2) is 0 Å². The van der Waals surface area contributed by atoms with Gasteiger partial charge in [0.05, 0.1) is 0 Å². The zero-order valence-electron chi connectivity index (χ0n) is 12.1. The van der Waals surface area contributed by atoms with Crippen LogP contribution < -0.4 is 5.32 Å². The molecule has 1 aromatic carbocycles. The highest BCUT2D eigenvalue weighted by Crippen LogP contribution is 2.22. The molecular formula is C16H26ClN. The summed E-state index contributed by atoms with van der Waals surface area (Å²) in [7, 11) is 0. The highest BCUT2D eigenvalue weighted by Gasteiger charge is 2.12. The molecule has 0 saturated carbocycles. The summed E-state index contributed by atoms with van der Waals surface area (Å²) in [5, 5.41) is 3.49. The fourth-order valence-corrected chi connectivity index (χ4v) is 2.25. The largest absolute Gasteiger partial charge is 0.312 e. The molecule has 2 heteroatoms. The van der Waals surface area contributed by atoms with Crippen LogP contribution >= 0.6 is 11.6 Å². The van der Waals surface area contributed by atoms with Gasteiger partial charge in [0.2, 0.25) is 0 Å². The number of halogens is 1. The molecule has 0 saturated heterocycles. The minimum Gasteiger partial charge on any atom is -0.312 e. The Kier molecular flexibility index (Phi) is 6.17. The standard InChI is InChI=1S/C16H26ClN/c1-13(9-10-17)11-18-12-14-5-7-15(8-6-14)16(2,3)4/h5-8,13,18H,9-12H2,1-4H3. The minimum absolute atomic E-state index is 0.237. The molecule has 0 bridgehead atoms. The lowest BCUT2D eigenvalue weighted by atomic mass is 9.87. The average molecular weight is 268 g/mol. The van der Waals surface area contributed by atoms with Gasteiger partial charge < -0.3 is 5.32 Å². The molecule has 0 aliphatic carbocycles. The van der Waals surface area contributed by atoms with Crippen LogP contribution in [0.2, 0.25) is 0 Å². The fourth-order valence-electron chi connectivity index (χ4n) is 1.87. The molecule has 0 spiro atoms. The van der Waals surface area contributed by atoms with Crippen molar-refractivity contribution >= 4 is 11.6 Å². The van der Waals surface area contributed by atoms with Crippen LogP contribution in [0.15, 0.2) is 24.3 Å². The summed E-state index contributed by atoms with van der Waals surface area (Å²) in [5.41, 5.74) is 2.98. The SMILES string of the molecule is CC(CCCl)CNCc1ccc(C(C)(C)C)cc1. The van der Waals surface area contributed by atoms with Crippen molar-refractivity contribution in [2.24, 2.45) is 5.92 Å². The Hall–Kier alpha value is -0.530. The van der Waals surface area contributed by atoms with E-state index in [9.17, 15) is 0 Å². The molecule has 1 aromatic rings. The molecule has 18 heavy (non-hydrogen) atoms. The van der Waals surface area contributed by atoms with Crippen LogP contribution in [0.25, 0.3) is 0 Å². The molecule has 1 atom stereocenters. The van der Waals surface area contributed by atoms with Crippen LogP contribution in [0.1, 0.15) is 45.2 Å². The van der Waals surface area contributed by atoms with Gasteiger partial charge in [-0.05, 0) is 35.4 Å². The number of alkyl halides is 1. The van der Waals surface area contributed by atoms with E-state index in [2.05, 4.69) is 57.3 Å². The normalized spacial score (nSPS) is 13.6. The second kappa shape index (κ2) is 7.16. The highest BCUT2D eigenvalue weighted by atomic mass is 35.5. The van der Waals surface area contributed by atoms with Crippen LogP contribution in [-0.4, -0.2) is 12.4 Å². The maximum absolute atomic E-state index is 5.72. The van der Waals surface area contributed by atoms with Gasteiger partial charge in [-0.25, -0.2) is 0 Å². The first-order chi connectivity index (χ1) is 8.43. The lowest BCUT2D eigenvalue weighted by Crippen LogP contribution is -2.21. The van der Waals surface area contributed by atoms with E-state index < -0.39 is 0 Å². The zero-order valence-corrected chi connectivity index (χ0v) is 12.8. The van der Waals surface area contributed by atoms with Crippen molar-refractivity contribution in [1.29, 1.82) is 0 Å². The topological polar surface area (TPSA) is 12.0 Å². The van der Waals surface area contributed by atoms with Gasteiger partial charge in [0, 0.05) is 12.4 Å². The third-order valence-electron chi connectivity index (χ3n) is 3.24. The van der Waals surface area contributed by atoms with Crippen molar-refractivity contribution in [2.45, 2.75) is 46.1 Å². The molecule has 0 heterocycles. The summed E-state index contributed by atoms with van der Waals surface area (Å²) >= 11 is 5.72. The van der Waals surface area contributed by atoms with E-state index in [-0.39, 0.29) is 5.41 Å². The number of benzene rings is 1. The molecule has 0 amide bonds. The monoisotopic (exact) mass is 267 g/mol. The van der Waals surface area contributed by atoms with E-state index in [1.165, 1.54) is 11.1 Å². The Balaban J connectivity index is 2.40. The summed E-state index contributed by atoms with van der Waals surface area (Å²) in [6.45, 7) is 10.9. The quantitative estimate of drug-likeness (QED) is 0.756. The lowest BCUT2D eigenvalue weighted by molar-refractivity contribution is 0.502. The summed E-state index contributed by atoms with van der Waals surface area (Å²) in [6, 6.07) is 8.91. The van der Waals surface area contributed by atoms with Gasteiger partial charge in [-0.1, -0.05) is 52.0 Å². The van der Waals surface area contributed by atoms with E-state index in [1.807, 2.05) is 0 Å². The van der Waals surface area contributed by atoms with Crippen LogP contribution in [0, 0.1) is 5.92 Å². The highest BCUT2D eigenvalue weighted by molar-refractivity contribution is 6.17. The summed E-state index contributed by atoms with van der Waals surface area (Å²) in [5.74, 6) is 1.40. The molecule has 102 valence electrons. The van der Waals surface area contributed by atoms with E-state index >= 15 is 0 Å². The van der Waals surface area contributed by atoms with Crippen molar-refractivity contribution < 1.29 is 0 Å². The van der Waals surface area contributed by atoms with Crippen LogP contribution in [0.3, 0.4) is 0 Å². The van der Waals surface area contributed by atoms with E-state index in [0.29, 0.717) is 5.92 Å². The summed E-state index contributed by atoms with van der Waals surface area (Å²) in [4.78, 5) is 0. The van der Waals surface area contributed by atoms with E-state index in [1.54, 1.807) is 0 Å². The third kappa shape index (κ3) is 5.41. The smallest absolute Gasteiger partial charge is 0.0226 e. The second-order valence-electron chi connectivity index (χ2n) is 6.16. The van der Waals surface area contributed by atoms with Crippen molar-refractivity contribution in [3.05, 3.63) is 35.4 Å². The first kappa shape index (κ1) is 15.5. The first-order valence-corrected chi connectivity index (χ1v) is 7.33. The number of hydrogen-bond donors (Lipinski definition) is 1. The van der Waals surface area contributed by atoms with E-state index in [0.717, 1.165) is 25.4 Å². The molecule has 0 aliphatic rings. The summed E-state index contributed by atoms with van der Waals surface area (Å²) < 4.78 is 0. The Morgan fingerprint density at radius 3 is 2.28 bits per heavy atom. The van der Waals surface area contributed by atoms with Crippen LogP contribution in [-0.2, 0) is 12.0 Å². The van der Waals surface area contributed by atoms with Gasteiger partial charge >= 0.3 is 0 Å². The van der Waals surface area contributed by atoms with Gasteiger partial charge in [-0.3, -0.25) is 0 Å². The Bertz CT molecular complexity index is 337. The third-order valence-corrected chi connectivity index (χ3v) is 3.46. The number of hydrogen-bond acceptors (Lipinski definition) is 1. The predicted molar refractivity (Wildman–Crippen MR) is 81.3 cm³/mol. The van der Waals surface area contributed by atoms with Gasteiger partial charge in [0.25, 0.3) is 0 Å². The molecule has 1 rings (SSSR count). The van der Waals surface area contributed by atoms with Gasteiger partial charge in [0.1, 0.15) is 0 Å². The lowest BCUT2D eigenvalue weighted by Gasteiger charge is -2.19. The maximum Gasteiger partial charge on any atom is 0.0226 e. The van der Waals surface area contributed by atoms with Crippen LogP contribution in [0.5, 0.6) is 0 Å². The van der Waals surface area contributed by atoms with Crippen LogP contribution in [0.4, 0.5) is 0 Å². The maximum atomic E-state index is 5.72. The van der Waals surface area contributed by atoms with Gasteiger partial charge in [-0.15, -0.1) is 11.6 Å². The Morgan fingerprint density at radius 2 is 1.78 bits per heavy atom. The molecule has 0 radical (unpaired) electrons. The molecular weight excluding hydrogens is 242 g/mol. The Labute approximate surface area is 117 Å². The molecule has 0 fully saturated rings. The molecule has 1 unspecified atom stereocenters. The molecule has 0 aliphatic heterocycles. The fraction of sp³-hybridized carbons (Fsp3) is 0.625. The van der Waals surface area contributed by atoms with E-state index in [4.69, 9.17) is 11.6 Å². The number of nitrogens with one attached hydrogen (secondary N) is 1. The Morgan fingerprint density at radius 1 is 1.17 bits per heavy atom. The molecule has 0 aromatic heterocycles. The van der Waals surface area contributed by atoms with Crippen molar-refractivity contribution in [1.82, 2.24) is 5.32 Å². The van der Waals surface area contributed by atoms with Crippen molar-refractivity contribution in [3.63, 3.8) is 0 Å². The van der Waals surface area contributed by atoms with Gasteiger partial charge in [-0.2, -0.15) is 0 Å². The first-order valence-electron chi connectivity index (χ1n) is 6.79. The second-order valence-corrected chi connectivity index (χ2v) is 6.54. The molecule has 1 nitrogen and oxygen atoms in total. The van der Waals surface area contributed by atoms with Crippen molar-refractivity contribution in [3.8, 4) is 0 Å². The molecule has 1 N–H and O–H groups in total. The number of rotatable bonds is 6. The summed E-state index contributed by atoms with van der Waals surface area (Å²) in [6.07, 6.45) is 1.08. The average Bonchev–Trinajstić information content (AvgIpc) is 2.29. The van der Waals surface area contributed by atoms with Crippen molar-refractivity contribution in [2.75, 3.05) is 12.4 Å².